The summed E-state index contributed by atoms with van der Waals surface area (Å²) < 4.78 is 9.93. The Kier molecular flexibility index (Phi) is 14.6. The maximum atomic E-state index is 11.1. The van der Waals surface area contributed by atoms with Gasteiger partial charge in [0.25, 0.3) is 0 Å². The summed E-state index contributed by atoms with van der Waals surface area (Å²) in [6, 6.07) is 0. The molecule has 0 spiro atoms. The quantitative estimate of drug-likeness (QED) is 0.525. The van der Waals surface area contributed by atoms with Gasteiger partial charge in [-0.1, -0.05) is 0 Å². The highest BCUT2D eigenvalue weighted by Gasteiger charge is 2.08. The highest BCUT2D eigenvalue weighted by Crippen LogP contribution is 2.05. The van der Waals surface area contributed by atoms with Crippen molar-refractivity contribution in [2.24, 2.45) is 0 Å². The Labute approximate surface area is 127 Å². The molecule has 1 unspecified atom stereocenters. The van der Waals surface area contributed by atoms with E-state index in [4.69, 9.17) is 19.7 Å². The summed E-state index contributed by atoms with van der Waals surface area (Å²) in [5.74, 6) is -0.403. The first-order valence-corrected chi connectivity index (χ1v) is 7.36. The fourth-order valence-corrected chi connectivity index (χ4v) is 1.18. The van der Waals surface area contributed by atoms with E-state index in [9.17, 15) is 9.59 Å². The van der Waals surface area contributed by atoms with Gasteiger partial charge in [-0.15, -0.1) is 0 Å². The Bertz CT molecular complexity index is 249. The van der Waals surface area contributed by atoms with E-state index in [0.717, 1.165) is 0 Å². The molecule has 0 heterocycles. The summed E-state index contributed by atoms with van der Waals surface area (Å²) in [7, 11) is 0. The zero-order chi connectivity index (χ0) is 16.8. The molecular formula is C15H30O6. The fourth-order valence-electron chi connectivity index (χ4n) is 1.18. The molecule has 6 heteroatoms. The van der Waals surface area contributed by atoms with Crippen molar-refractivity contribution in [1.82, 2.24) is 0 Å². The van der Waals surface area contributed by atoms with Gasteiger partial charge in [-0.25, -0.2) is 0 Å². The summed E-state index contributed by atoms with van der Waals surface area (Å²) in [4.78, 5) is 22.3. The Morgan fingerprint density at radius 1 is 0.857 bits per heavy atom. The molecule has 1 atom stereocenters. The Morgan fingerprint density at radius 3 is 1.33 bits per heavy atom. The van der Waals surface area contributed by atoms with Crippen LogP contribution in [0.25, 0.3) is 0 Å². The predicted molar refractivity (Wildman–Crippen MR) is 79.7 cm³/mol. The van der Waals surface area contributed by atoms with Crippen molar-refractivity contribution in [3.05, 3.63) is 0 Å². The average molecular weight is 306 g/mol. The Balaban J connectivity index is 0. The van der Waals surface area contributed by atoms with Crippen molar-refractivity contribution in [2.45, 2.75) is 78.6 Å². The molecule has 6 nitrogen and oxygen atoms in total. The van der Waals surface area contributed by atoms with Gasteiger partial charge in [0.15, 0.2) is 0 Å². The molecule has 0 aliphatic rings. The van der Waals surface area contributed by atoms with Gasteiger partial charge in [0.05, 0.1) is 24.9 Å². The van der Waals surface area contributed by atoms with E-state index in [2.05, 4.69) is 0 Å². The summed E-state index contributed by atoms with van der Waals surface area (Å²) in [6.07, 6.45) is 1.37. The van der Waals surface area contributed by atoms with Crippen molar-refractivity contribution >= 4 is 11.9 Å². The van der Waals surface area contributed by atoms with E-state index in [1.165, 1.54) is 6.92 Å². The molecule has 21 heavy (non-hydrogen) atoms. The highest BCUT2D eigenvalue weighted by molar-refractivity contribution is 5.70. The lowest BCUT2D eigenvalue weighted by Crippen LogP contribution is -2.12. The van der Waals surface area contributed by atoms with Gasteiger partial charge < -0.3 is 19.7 Å². The van der Waals surface area contributed by atoms with Gasteiger partial charge in [-0.3, -0.25) is 9.59 Å². The van der Waals surface area contributed by atoms with Crippen molar-refractivity contribution < 1.29 is 29.3 Å². The molecule has 0 saturated carbocycles. The highest BCUT2D eigenvalue weighted by atomic mass is 16.5. The third-order valence-electron chi connectivity index (χ3n) is 2.01. The maximum Gasteiger partial charge on any atom is 0.306 e. The van der Waals surface area contributed by atoms with Crippen LogP contribution in [0.1, 0.15) is 60.3 Å². The van der Waals surface area contributed by atoms with E-state index in [1.54, 1.807) is 0 Å². The first-order chi connectivity index (χ1) is 9.68. The molecule has 0 aromatic rings. The first-order valence-electron chi connectivity index (χ1n) is 7.36. The van der Waals surface area contributed by atoms with Gasteiger partial charge in [0.1, 0.15) is 0 Å². The number of carbonyl (C=O) groups is 2. The summed E-state index contributed by atoms with van der Waals surface area (Å²) in [6.45, 7) is 8.66. The smallest absolute Gasteiger partial charge is 0.306 e. The van der Waals surface area contributed by atoms with Crippen molar-refractivity contribution in [3.8, 4) is 0 Å². The zero-order valence-corrected chi connectivity index (χ0v) is 13.8. The minimum Gasteiger partial charge on any atom is -0.463 e. The van der Waals surface area contributed by atoms with E-state index >= 15 is 0 Å². The van der Waals surface area contributed by atoms with E-state index in [0.29, 0.717) is 25.7 Å². The van der Waals surface area contributed by atoms with E-state index < -0.39 is 6.10 Å². The maximum absolute atomic E-state index is 11.1. The summed E-state index contributed by atoms with van der Waals surface area (Å²) in [5.41, 5.74) is 0. The van der Waals surface area contributed by atoms with Gasteiger partial charge in [-0.05, 0) is 47.5 Å². The number of esters is 2. The van der Waals surface area contributed by atoms with Crippen LogP contribution in [0.4, 0.5) is 0 Å². The van der Waals surface area contributed by atoms with Crippen LogP contribution >= 0.6 is 0 Å². The number of hydrogen-bond donors (Lipinski definition) is 2. The first kappa shape index (κ1) is 22.1. The van der Waals surface area contributed by atoms with Crippen LogP contribution in [-0.4, -0.2) is 47.1 Å². The van der Waals surface area contributed by atoms with Crippen LogP contribution in [0.5, 0.6) is 0 Å². The molecule has 0 aromatic carbocycles. The van der Waals surface area contributed by atoms with Crippen LogP contribution in [0.15, 0.2) is 0 Å². The normalized spacial score (nSPS) is 11.7. The number of rotatable bonds is 8. The molecule has 0 aliphatic carbocycles. The summed E-state index contributed by atoms with van der Waals surface area (Å²) in [5, 5.41) is 16.0. The second-order valence-corrected chi connectivity index (χ2v) is 5.32. The topological polar surface area (TPSA) is 93.1 Å². The van der Waals surface area contributed by atoms with Crippen LogP contribution in [0.2, 0.25) is 0 Å². The second kappa shape index (κ2) is 13.8. The lowest BCUT2D eigenvalue weighted by Gasteiger charge is -2.08. The molecule has 0 fully saturated rings. The number of carbonyl (C=O) groups excluding carboxylic acids is 2. The van der Waals surface area contributed by atoms with Crippen molar-refractivity contribution in [2.75, 3.05) is 6.61 Å². The molecule has 0 amide bonds. The minimum absolute atomic E-state index is 0.0709. The predicted octanol–water partition coefficient (Wildman–Crippen LogP) is 1.81. The van der Waals surface area contributed by atoms with E-state index in [1.807, 2.05) is 27.7 Å². The molecule has 0 radical (unpaired) electrons. The zero-order valence-electron chi connectivity index (χ0n) is 13.8. The number of ether oxygens (including phenoxy) is 2. The van der Waals surface area contributed by atoms with Crippen molar-refractivity contribution in [3.63, 3.8) is 0 Å². The Hall–Kier alpha value is -1.14. The van der Waals surface area contributed by atoms with Gasteiger partial charge >= 0.3 is 11.9 Å². The lowest BCUT2D eigenvalue weighted by atomic mass is 10.2. The molecule has 0 rings (SSSR count). The third kappa shape index (κ3) is 21.3. The molecule has 0 aromatic heterocycles. The standard InChI is InChI=1S/C12H22O4.C3H8O2/c1-9(2)15-11(13)7-5-6-8-12(14)16-10(3)4;1-3(5)2-4/h9-10H,5-8H2,1-4H3;3-5H,2H2,1H3. The second-order valence-electron chi connectivity index (χ2n) is 5.32. The lowest BCUT2D eigenvalue weighted by molar-refractivity contribution is -0.149. The third-order valence-corrected chi connectivity index (χ3v) is 2.01. The summed E-state index contributed by atoms with van der Waals surface area (Å²) >= 11 is 0. The molecule has 0 bridgehead atoms. The molecule has 0 aliphatic heterocycles. The molecule has 2 N–H and O–H groups in total. The van der Waals surface area contributed by atoms with Crippen LogP contribution < -0.4 is 0 Å². The van der Waals surface area contributed by atoms with Gasteiger partial charge in [0.2, 0.25) is 0 Å². The molecular weight excluding hydrogens is 276 g/mol. The van der Waals surface area contributed by atoms with Gasteiger partial charge in [-0.2, -0.15) is 0 Å². The van der Waals surface area contributed by atoms with Crippen molar-refractivity contribution in [1.29, 1.82) is 0 Å². The number of aliphatic hydroxyl groups excluding tert-OH is 2. The number of unbranched alkanes of at least 4 members (excludes halogenated alkanes) is 1. The number of hydrogen-bond acceptors (Lipinski definition) is 6. The number of aliphatic hydroxyl groups is 2. The largest absolute Gasteiger partial charge is 0.463 e. The van der Waals surface area contributed by atoms with E-state index in [-0.39, 0.29) is 30.8 Å². The van der Waals surface area contributed by atoms with Crippen LogP contribution in [-0.2, 0) is 19.1 Å². The molecule has 126 valence electrons. The fraction of sp³-hybridized carbons (Fsp3) is 0.867. The molecule has 0 saturated heterocycles. The van der Waals surface area contributed by atoms with Crippen LogP contribution in [0.3, 0.4) is 0 Å². The monoisotopic (exact) mass is 306 g/mol. The van der Waals surface area contributed by atoms with Gasteiger partial charge in [0, 0.05) is 12.8 Å². The minimum atomic E-state index is -0.560. The Morgan fingerprint density at radius 2 is 1.14 bits per heavy atom. The average Bonchev–Trinajstić information content (AvgIpc) is 2.33. The van der Waals surface area contributed by atoms with Crippen LogP contribution in [0, 0.1) is 0 Å². The SMILES string of the molecule is CC(C)OC(=O)CCCCC(=O)OC(C)C.CC(O)CO.